The smallest absolute Gasteiger partial charge is 1.00 e. The van der Waals surface area contributed by atoms with Crippen LogP contribution >= 0.6 is 0 Å². The fraction of sp³-hybridized carbons (Fsp3) is 0.500. The Morgan fingerprint density at radius 2 is 2.20 bits per heavy atom. The fourth-order valence-electron chi connectivity index (χ4n) is 0. The first-order valence-electron chi connectivity index (χ1n) is 1.04. The van der Waals surface area contributed by atoms with Crippen LogP contribution in [0.2, 0.25) is 0 Å². The molecule has 0 saturated heterocycles. The molecule has 5 heavy (non-hydrogen) atoms. The van der Waals surface area contributed by atoms with Crippen LogP contribution in [0.25, 0.3) is 0 Å². The molecular formula is C2H6NNaO. The molecule has 0 bridgehead atoms. The van der Waals surface area contributed by atoms with E-state index in [0.29, 0.717) is 0 Å². The molecule has 0 rings (SSSR count). The van der Waals surface area contributed by atoms with Crippen LogP contribution in [0, 0.1) is 0 Å². The van der Waals surface area contributed by atoms with Gasteiger partial charge in [0.2, 0.25) is 0 Å². The van der Waals surface area contributed by atoms with Crippen molar-refractivity contribution in [2.75, 3.05) is 0 Å². The standard InChI is InChI=1S/C2H5NO.Na.H/c1-2-3-4;;/h2,4H,1H3;;/q;+1;-1. The van der Waals surface area contributed by atoms with Gasteiger partial charge in [0.15, 0.2) is 0 Å². The number of rotatable bonds is 0. The zero-order chi connectivity index (χ0) is 3.41. The summed E-state index contributed by atoms with van der Waals surface area (Å²) in [6, 6.07) is 0. The molecule has 3 heteroatoms. The van der Waals surface area contributed by atoms with Crippen molar-refractivity contribution in [3.8, 4) is 0 Å². The quantitative estimate of drug-likeness (QED) is 0.150. The molecule has 0 heterocycles. The van der Waals surface area contributed by atoms with E-state index in [9.17, 15) is 0 Å². The summed E-state index contributed by atoms with van der Waals surface area (Å²) in [7, 11) is 0. The van der Waals surface area contributed by atoms with Gasteiger partial charge >= 0.3 is 29.6 Å². The molecule has 1 N–H and O–H groups in total. The van der Waals surface area contributed by atoms with Crippen molar-refractivity contribution >= 4 is 6.21 Å². The first-order valence-corrected chi connectivity index (χ1v) is 1.04. The van der Waals surface area contributed by atoms with Gasteiger partial charge in [-0.15, -0.1) is 5.16 Å². The summed E-state index contributed by atoms with van der Waals surface area (Å²) < 4.78 is 0. The van der Waals surface area contributed by atoms with Crippen molar-refractivity contribution in [3.05, 3.63) is 0 Å². The van der Waals surface area contributed by atoms with Gasteiger partial charge in [0.1, 0.15) is 0 Å². The minimum Gasteiger partial charge on any atom is -1.00 e. The van der Waals surface area contributed by atoms with E-state index in [-0.39, 0.29) is 31.0 Å². The van der Waals surface area contributed by atoms with E-state index in [1.807, 2.05) is 0 Å². The molecule has 0 atom stereocenters. The first kappa shape index (κ1) is 9.08. The summed E-state index contributed by atoms with van der Waals surface area (Å²) in [5.74, 6) is 0. The van der Waals surface area contributed by atoms with Gasteiger partial charge in [0.05, 0.1) is 0 Å². The van der Waals surface area contributed by atoms with Crippen molar-refractivity contribution in [1.29, 1.82) is 0 Å². The van der Waals surface area contributed by atoms with Gasteiger partial charge in [0.25, 0.3) is 0 Å². The summed E-state index contributed by atoms with van der Waals surface area (Å²) in [4.78, 5) is 0. The molecule has 0 aromatic carbocycles. The Kier molecular flexibility index (Phi) is 16.0. The molecule has 0 aromatic rings. The number of hydrogen-bond acceptors (Lipinski definition) is 2. The summed E-state index contributed by atoms with van der Waals surface area (Å²) in [6.45, 7) is 1.64. The summed E-state index contributed by atoms with van der Waals surface area (Å²) in [5.41, 5.74) is 0. The van der Waals surface area contributed by atoms with Crippen molar-refractivity contribution < 1.29 is 36.2 Å². The van der Waals surface area contributed by atoms with Crippen LogP contribution in [-0.4, -0.2) is 11.4 Å². The molecule has 0 saturated carbocycles. The zero-order valence-corrected chi connectivity index (χ0v) is 5.47. The fourth-order valence-corrected chi connectivity index (χ4v) is 0. The van der Waals surface area contributed by atoms with E-state index in [2.05, 4.69) is 5.16 Å². The van der Waals surface area contributed by atoms with Crippen LogP contribution in [0.3, 0.4) is 0 Å². The van der Waals surface area contributed by atoms with E-state index < -0.39 is 0 Å². The molecule has 0 aliphatic rings. The van der Waals surface area contributed by atoms with E-state index in [1.165, 1.54) is 6.21 Å². The minimum atomic E-state index is 0. The van der Waals surface area contributed by atoms with Gasteiger partial charge in [-0.25, -0.2) is 0 Å². The third kappa shape index (κ3) is 12.6. The van der Waals surface area contributed by atoms with Crippen LogP contribution in [0.5, 0.6) is 0 Å². The molecule has 0 aromatic heterocycles. The maximum Gasteiger partial charge on any atom is 1.00 e. The van der Waals surface area contributed by atoms with Gasteiger partial charge in [0, 0.05) is 6.21 Å². The van der Waals surface area contributed by atoms with E-state index >= 15 is 0 Å². The summed E-state index contributed by atoms with van der Waals surface area (Å²) in [6.07, 6.45) is 1.31. The van der Waals surface area contributed by atoms with Crippen LogP contribution in [0.15, 0.2) is 5.16 Å². The number of oxime groups is 1. The largest absolute Gasteiger partial charge is 1.00 e. The third-order valence-corrected chi connectivity index (χ3v) is 0.115. The molecule has 0 aliphatic carbocycles. The average molecular weight is 83.1 g/mol. The predicted molar refractivity (Wildman–Crippen MR) is 17.1 cm³/mol. The van der Waals surface area contributed by atoms with Crippen molar-refractivity contribution in [3.63, 3.8) is 0 Å². The monoisotopic (exact) mass is 83.0 g/mol. The Bertz CT molecular complexity index is 28.7. The zero-order valence-electron chi connectivity index (χ0n) is 4.47. The van der Waals surface area contributed by atoms with Gasteiger partial charge in [-0.3, -0.25) is 0 Å². The van der Waals surface area contributed by atoms with Crippen molar-refractivity contribution in [2.24, 2.45) is 5.16 Å². The second-order valence-electron chi connectivity index (χ2n) is 0.374. The molecule has 2 nitrogen and oxygen atoms in total. The second-order valence-corrected chi connectivity index (χ2v) is 0.374. The van der Waals surface area contributed by atoms with Crippen molar-refractivity contribution in [2.45, 2.75) is 6.92 Å². The van der Waals surface area contributed by atoms with E-state index in [1.54, 1.807) is 6.92 Å². The number of hydrogen-bond donors (Lipinski definition) is 1. The molecule has 26 valence electrons. The molecule has 0 radical (unpaired) electrons. The Morgan fingerprint density at radius 1 is 2.00 bits per heavy atom. The predicted octanol–water partition coefficient (Wildman–Crippen LogP) is -2.42. The minimum absolute atomic E-state index is 0. The third-order valence-electron chi connectivity index (χ3n) is 0.115. The van der Waals surface area contributed by atoms with E-state index in [4.69, 9.17) is 5.21 Å². The van der Waals surface area contributed by atoms with Crippen molar-refractivity contribution in [1.82, 2.24) is 0 Å². The molecule has 0 unspecified atom stereocenters. The first-order chi connectivity index (χ1) is 1.91. The maximum absolute atomic E-state index is 7.44. The second kappa shape index (κ2) is 8.82. The topological polar surface area (TPSA) is 32.6 Å². The molecule has 0 fully saturated rings. The Labute approximate surface area is 54.6 Å². The van der Waals surface area contributed by atoms with Gasteiger partial charge < -0.3 is 6.63 Å². The van der Waals surface area contributed by atoms with Crippen LogP contribution in [-0.2, 0) is 0 Å². The SMILES string of the molecule is CC=NO.[H-].[Na+]. The summed E-state index contributed by atoms with van der Waals surface area (Å²) in [5, 5.41) is 10.1. The maximum atomic E-state index is 7.44. The molecule has 0 spiro atoms. The molecule has 0 aliphatic heterocycles. The van der Waals surface area contributed by atoms with Crippen LogP contribution < -0.4 is 29.6 Å². The average Bonchev–Trinajstić information content (AvgIpc) is 1.37. The Balaban J connectivity index is -0.0000000450. The summed E-state index contributed by atoms with van der Waals surface area (Å²) >= 11 is 0. The Hall–Kier alpha value is 0.470. The van der Waals surface area contributed by atoms with Gasteiger partial charge in [-0.05, 0) is 6.92 Å². The normalized spacial score (nSPS) is 7.40. The van der Waals surface area contributed by atoms with E-state index in [0.717, 1.165) is 0 Å². The van der Waals surface area contributed by atoms with Crippen LogP contribution in [0.1, 0.15) is 8.35 Å². The van der Waals surface area contributed by atoms with Gasteiger partial charge in [-0.1, -0.05) is 0 Å². The van der Waals surface area contributed by atoms with Gasteiger partial charge in [-0.2, -0.15) is 0 Å². The molecular weight excluding hydrogens is 77.0 g/mol. The van der Waals surface area contributed by atoms with Crippen LogP contribution in [0.4, 0.5) is 0 Å². The molecule has 0 amide bonds. The number of nitrogens with zero attached hydrogens (tertiary/aromatic N) is 1. The Morgan fingerprint density at radius 3 is 2.20 bits per heavy atom.